The van der Waals surface area contributed by atoms with Crippen LogP contribution in [0.5, 0.6) is 5.75 Å². The monoisotopic (exact) mass is 246 g/mol. The molecule has 98 valence electrons. The van der Waals surface area contributed by atoms with Crippen LogP contribution >= 0.6 is 0 Å². The summed E-state index contributed by atoms with van der Waals surface area (Å²) in [6.45, 7) is 4.35. The lowest BCUT2D eigenvalue weighted by atomic mass is 9.98. The highest BCUT2D eigenvalue weighted by Crippen LogP contribution is 2.27. The number of ether oxygens (including phenoxy) is 1. The number of nitrogens with one attached hydrogen (secondary N) is 1. The number of anilines is 1. The van der Waals surface area contributed by atoms with Gasteiger partial charge in [0.2, 0.25) is 0 Å². The second-order valence-corrected chi connectivity index (χ2v) is 5.55. The zero-order chi connectivity index (χ0) is 12.4. The topological polar surface area (TPSA) is 24.5 Å². The van der Waals surface area contributed by atoms with Crippen LogP contribution in [0.2, 0.25) is 0 Å². The van der Waals surface area contributed by atoms with Crippen molar-refractivity contribution in [1.82, 2.24) is 4.90 Å². The van der Waals surface area contributed by atoms with Crippen molar-refractivity contribution in [2.75, 3.05) is 38.6 Å². The number of fused-ring (bicyclic) bond motifs is 1. The molecule has 3 heteroatoms. The number of piperidine rings is 1. The fraction of sp³-hybridized carbons (Fsp3) is 0.600. The van der Waals surface area contributed by atoms with E-state index in [-0.39, 0.29) is 0 Å². The standard InChI is InChI=1S/C15H22N2O/c1-17-8-5-12(6-9-17)11-18-14-3-2-13-4-7-16-15(13)10-14/h2-3,10,12,16H,4-9,11H2,1H3. The Kier molecular flexibility index (Phi) is 3.41. The van der Waals surface area contributed by atoms with E-state index >= 15 is 0 Å². The Balaban J connectivity index is 1.54. The first kappa shape index (κ1) is 11.8. The minimum absolute atomic E-state index is 0.724. The molecule has 3 nitrogen and oxygen atoms in total. The zero-order valence-corrected chi connectivity index (χ0v) is 11.1. The van der Waals surface area contributed by atoms with Gasteiger partial charge in [0.05, 0.1) is 6.61 Å². The minimum Gasteiger partial charge on any atom is -0.493 e. The Morgan fingerprint density at radius 1 is 1.33 bits per heavy atom. The Bertz CT molecular complexity index is 411. The van der Waals surface area contributed by atoms with Gasteiger partial charge in [0.1, 0.15) is 5.75 Å². The quantitative estimate of drug-likeness (QED) is 0.886. The van der Waals surface area contributed by atoms with E-state index < -0.39 is 0 Å². The fourth-order valence-electron chi connectivity index (χ4n) is 2.80. The Morgan fingerprint density at radius 2 is 2.17 bits per heavy atom. The highest BCUT2D eigenvalue weighted by atomic mass is 16.5. The van der Waals surface area contributed by atoms with Gasteiger partial charge < -0.3 is 15.0 Å². The second-order valence-electron chi connectivity index (χ2n) is 5.55. The molecule has 1 saturated heterocycles. The Morgan fingerprint density at radius 3 is 3.00 bits per heavy atom. The molecular weight excluding hydrogens is 224 g/mol. The van der Waals surface area contributed by atoms with Crippen molar-refractivity contribution in [3.63, 3.8) is 0 Å². The van der Waals surface area contributed by atoms with Gasteiger partial charge >= 0.3 is 0 Å². The van der Waals surface area contributed by atoms with Crippen LogP contribution in [0.1, 0.15) is 18.4 Å². The van der Waals surface area contributed by atoms with Crippen LogP contribution in [0.4, 0.5) is 5.69 Å². The van der Waals surface area contributed by atoms with Crippen LogP contribution in [0.15, 0.2) is 18.2 Å². The third-order valence-electron chi connectivity index (χ3n) is 4.11. The number of hydrogen-bond donors (Lipinski definition) is 1. The summed E-state index contributed by atoms with van der Waals surface area (Å²) in [5, 5.41) is 3.40. The molecule has 0 spiro atoms. The summed E-state index contributed by atoms with van der Waals surface area (Å²) in [5.41, 5.74) is 2.68. The van der Waals surface area contributed by atoms with Crippen molar-refractivity contribution in [2.45, 2.75) is 19.3 Å². The van der Waals surface area contributed by atoms with Crippen molar-refractivity contribution in [2.24, 2.45) is 5.92 Å². The van der Waals surface area contributed by atoms with Crippen molar-refractivity contribution < 1.29 is 4.74 Å². The van der Waals surface area contributed by atoms with Crippen molar-refractivity contribution in [3.05, 3.63) is 23.8 Å². The molecule has 1 fully saturated rings. The summed E-state index contributed by atoms with van der Waals surface area (Å²) in [5.74, 6) is 1.74. The molecule has 2 heterocycles. The third kappa shape index (κ3) is 2.61. The maximum atomic E-state index is 5.95. The van der Waals surface area contributed by atoms with Gasteiger partial charge in [-0.05, 0) is 56.9 Å². The van der Waals surface area contributed by atoms with Crippen LogP contribution in [0.3, 0.4) is 0 Å². The van der Waals surface area contributed by atoms with Gasteiger partial charge in [-0.25, -0.2) is 0 Å². The Labute approximate surface area is 109 Å². The molecular formula is C15H22N2O. The number of rotatable bonds is 3. The highest BCUT2D eigenvalue weighted by molar-refractivity contribution is 5.58. The van der Waals surface area contributed by atoms with E-state index in [1.165, 1.54) is 37.2 Å². The van der Waals surface area contributed by atoms with Gasteiger partial charge in [-0.1, -0.05) is 6.07 Å². The fourth-order valence-corrected chi connectivity index (χ4v) is 2.80. The molecule has 0 aromatic heterocycles. The van der Waals surface area contributed by atoms with Gasteiger partial charge in [0.15, 0.2) is 0 Å². The van der Waals surface area contributed by atoms with Gasteiger partial charge in [-0.3, -0.25) is 0 Å². The van der Waals surface area contributed by atoms with Crippen molar-refractivity contribution >= 4 is 5.69 Å². The van der Waals surface area contributed by atoms with Crippen LogP contribution in [-0.4, -0.2) is 38.2 Å². The first-order chi connectivity index (χ1) is 8.81. The summed E-state index contributed by atoms with van der Waals surface area (Å²) >= 11 is 0. The van der Waals surface area contributed by atoms with E-state index in [0.29, 0.717) is 0 Å². The molecule has 2 aliphatic rings. The van der Waals surface area contributed by atoms with Gasteiger partial charge in [0, 0.05) is 18.3 Å². The molecule has 1 N–H and O–H groups in total. The minimum atomic E-state index is 0.724. The summed E-state index contributed by atoms with van der Waals surface area (Å²) in [6.07, 6.45) is 3.67. The summed E-state index contributed by atoms with van der Waals surface area (Å²) in [7, 11) is 2.20. The third-order valence-corrected chi connectivity index (χ3v) is 4.11. The molecule has 2 aliphatic heterocycles. The van der Waals surface area contributed by atoms with Gasteiger partial charge in [0.25, 0.3) is 0 Å². The average molecular weight is 246 g/mol. The van der Waals surface area contributed by atoms with Crippen LogP contribution in [-0.2, 0) is 6.42 Å². The first-order valence-electron chi connectivity index (χ1n) is 6.99. The van der Waals surface area contributed by atoms with E-state index in [1.54, 1.807) is 0 Å². The molecule has 0 atom stereocenters. The van der Waals surface area contributed by atoms with E-state index in [4.69, 9.17) is 4.74 Å². The smallest absolute Gasteiger partial charge is 0.121 e. The maximum Gasteiger partial charge on any atom is 0.121 e. The predicted molar refractivity (Wildman–Crippen MR) is 74.4 cm³/mol. The molecule has 0 radical (unpaired) electrons. The van der Waals surface area contributed by atoms with Crippen molar-refractivity contribution in [1.29, 1.82) is 0 Å². The lowest BCUT2D eigenvalue weighted by molar-refractivity contribution is 0.160. The molecule has 0 bridgehead atoms. The molecule has 0 saturated carbocycles. The molecule has 1 aromatic carbocycles. The SMILES string of the molecule is CN1CCC(COc2ccc3c(c2)NCC3)CC1. The lowest BCUT2D eigenvalue weighted by Gasteiger charge is -2.28. The number of hydrogen-bond acceptors (Lipinski definition) is 3. The number of benzene rings is 1. The summed E-state index contributed by atoms with van der Waals surface area (Å²) < 4.78 is 5.95. The van der Waals surface area contributed by atoms with Gasteiger partial charge in [-0.15, -0.1) is 0 Å². The predicted octanol–water partition coefficient (Wildman–Crippen LogP) is 2.38. The molecule has 0 amide bonds. The molecule has 1 aromatic rings. The number of nitrogens with zero attached hydrogens (tertiary/aromatic N) is 1. The average Bonchev–Trinajstić information content (AvgIpc) is 2.85. The van der Waals surface area contributed by atoms with Crippen LogP contribution in [0.25, 0.3) is 0 Å². The van der Waals surface area contributed by atoms with E-state index in [9.17, 15) is 0 Å². The molecule has 3 rings (SSSR count). The van der Waals surface area contributed by atoms with E-state index in [2.05, 4.69) is 35.5 Å². The molecule has 18 heavy (non-hydrogen) atoms. The lowest BCUT2D eigenvalue weighted by Crippen LogP contribution is -2.32. The molecule has 0 unspecified atom stereocenters. The maximum absolute atomic E-state index is 5.95. The van der Waals surface area contributed by atoms with Crippen LogP contribution in [0, 0.1) is 5.92 Å². The first-order valence-corrected chi connectivity index (χ1v) is 6.99. The normalized spacial score (nSPS) is 20.5. The summed E-state index contributed by atoms with van der Waals surface area (Å²) in [4.78, 5) is 2.40. The number of likely N-dealkylation sites (tertiary alicyclic amines) is 1. The van der Waals surface area contributed by atoms with Crippen LogP contribution < -0.4 is 10.1 Å². The Hall–Kier alpha value is -1.22. The highest BCUT2D eigenvalue weighted by Gasteiger charge is 2.17. The zero-order valence-electron chi connectivity index (χ0n) is 11.1. The molecule has 0 aliphatic carbocycles. The van der Waals surface area contributed by atoms with E-state index in [1.807, 2.05) is 0 Å². The van der Waals surface area contributed by atoms with Crippen molar-refractivity contribution in [3.8, 4) is 5.75 Å². The largest absolute Gasteiger partial charge is 0.493 e. The van der Waals surface area contributed by atoms with Gasteiger partial charge in [-0.2, -0.15) is 0 Å². The second kappa shape index (κ2) is 5.19. The van der Waals surface area contributed by atoms with E-state index in [0.717, 1.165) is 31.2 Å². The summed E-state index contributed by atoms with van der Waals surface area (Å²) in [6, 6.07) is 6.46.